The summed E-state index contributed by atoms with van der Waals surface area (Å²) in [4.78, 5) is 13.1. The fourth-order valence-corrected chi connectivity index (χ4v) is 2.56. The molecule has 1 saturated heterocycles. The van der Waals surface area contributed by atoms with Crippen molar-refractivity contribution in [1.82, 2.24) is 4.90 Å². The Hall–Kier alpha value is -2.00. The second-order valence-corrected chi connectivity index (χ2v) is 4.82. The zero-order valence-corrected chi connectivity index (χ0v) is 11.3. The molecule has 0 aliphatic carbocycles. The van der Waals surface area contributed by atoms with Crippen molar-refractivity contribution in [3.8, 4) is 11.8 Å². The van der Waals surface area contributed by atoms with Crippen molar-refractivity contribution in [3.63, 3.8) is 0 Å². The van der Waals surface area contributed by atoms with Crippen LogP contribution < -0.4 is 0 Å². The molecule has 1 amide bonds. The van der Waals surface area contributed by atoms with E-state index in [1.807, 2.05) is 0 Å². The SMILES string of the molecule is CC#CC(=O)N1C[C@@H](O)C[C@H]1c1ccccc1C(F)(F)F. The number of amides is 1. The molecule has 1 aliphatic rings. The average molecular weight is 297 g/mol. The lowest BCUT2D eigenvalue weighted by Crippen LogP contribution is -2.31. The molecule has 1 fully saturated rings. The van der Waals surface area contributed by atoms with Crippen LogP contribution in [0.4, 0.5) is 13.2 Å². The molecule has 1 aromatic carbocycles. The lowest BCUT2D eigenvalue weighted by Gasteiger charge is -2.25. The maximum absolute atomic E-state index is 13.1. The number of likely N-dealkylation sites (tertiary alicyclic amines) is 1. The molecule has 0 unspecified atom stereocenters. The van der Waals surface area contributed by atoms with Crippen LogP contribution in [0.25, 0.3) is 0 Å². The van der Waals surface area contributed by atoms with E-state index in [-0.39, 0.29) is 18.5 Å². The molecule has 0 saturated carbocycles. The minimum atomic E-state index is -4.50. The Bertz CT molecular complexity index is 601. The molecule has 112 valence electrons. The molecular weight excluding hydrogens is 283 g/mol. The van der Waals surface area contributed by atoms with Crippen LogP contribution in [-0.4, -0.2) is 28.6 Å². The number of halogens is 3. The van der Waals surface area contributed by atoms with E-state index in [0.29, 0.717) is 0 Å². The van der Waals surface area contributed by atoms with E-state index in [2.05, 4.69) is 11.8 Å². The van der Waals surface area contributed by atoms with Gasteiger partial charge in [0, 0.05) is 6.54 Å². The first-order chi connectivity index (χ1) is 9.84. The van der Waals surface area contributed by atoms with Crippen LogP contribution in [0.2, 0.25) is 0 Å². The molecule has 0 bridgehead atoms. The number of nitrogens with zero attached hydrogens (tertiary/aromatic N) is 1. The van der Waals surface area contributed by atoms with Gasteiger partial charge in [0.2, 0.25) is 0 Å². The highest BCUT2D eigenvalue weighted by atomic mass is 19.4. The van der Waals surface area contributed by atoms with Gasteiger partial charge in [0.15, 0.2) is 0 Å². The molecule has 1 N–H and O–H groups in total. The van der Waals surface area contributed by atoms with Crippen molar-refractivity contribution in [2.24, 2.45) is 0 Å². The average Bonchev–Trinajstić information content (AvgIpc) is 2.80. The topological polar surface area (TPSA) is 40.5 Å². The quantitative estimate of drug-likeness (QED) is 0.808. The van der Waals surface area contributed by atoms with Crippen LogP contribution >= 0.6 is 0 Å². The largest absolute Gasteiger partial charge is 0.416 e. The second kappa shape index (κ2) is 5.78. The maximum Gasteiger partial charge on any atom is 0.416 e. The van der Waals surface area contributed by atoms with E-state index in [9.17, 15) is 23.1 Å². The summed E-state index contributed by atoms with van der Waals surface area (Å²) < 4.78 is 39.2. The van der Waals surface area contributed by atoms with E-state index >= 15 is 0 Å². The molecule has 2 rings (SSSR count). The normalized spacial score (nSPS) is 21.9. The summed E-state index contributed by atoms with van der Waals surface area (Å²) in [5, 5.41) is 9.72. The van der Waals surface area contributed by atoms with E-state index in [0.717, 1.165) is 6.07 Å². The third kappa shape index (κ3) is 3.19. The third-order valence-corrected chi connectivity index (χ3v) is 3.40. The zero-order chi connectivity index (χ0) is 15.6. The Balaban J connectivity index is 2.44. The molecule has 21 heavy (non-hydrogen) atoms. The van der Waals surface area contributed by atoms with Crippen molar-refractivity contribution >= 4 is 5.91 Å². The number of aliphatic hydroxyl groups excluding tert-OH is 1. The van der Waals surface area contributed by atoms with E-state index in [1.54, 1.807) is 0 Å². The number of aliphatic hydroxyl groups is 1. The summed E-state index contributed by atoms with van der Waals surface area (Å²) in [6.45, 7) is 1.47. The molecule has 1 aliphatic heterocycles. The van der Waals surface area contributed by atoms with Gasteiger partial charge in [0.25, 0.3) is 5.91 Å². The van der Waals surface area contributed by atoms with Crippen molar-refractivity contribution in [3.05, 3.63) is 35.4 Å². The number of benzene rings is 1. The van der Waals surface area contributed by atoms with Crippen LogP contribution in [0.15, 0.2) is 24.3 Å². The molecule has 1 aromatic rings. The predicted octanol–water partition coefficient (Wildman–Crippen LogP) is 2.36. The van der Waals surface area contributed by atoms with E-state index in [1.165, 1.54) is 30.0 Å². The Morgan fingerprint density at radius 2 is 2.05 bits per heavy atom. The first-order valence-corrected chi connectivity index (χ1v) is 6.42. The Kier molecular flexibility index (Phi) is 4.24. The summed E-state index contributed by atoms with van der Waals surface area (Å²) >= 11 is 0. The van der Waals surface area contributed by atoms with E-state index < -0.39 is 29.8 Å². The third-order valence-electron chi connectivity index (χ3n) is 3.40. The van der Waals surface area contributed by atoms with Crippen molar-refractivity contribution in [2.45, 2.75) is 31.7 Å². The monoisotopic (exact) mass is 297 g/mol. The molecule has 0 spiro atoms. The summed E-state index contributed by atoms with van der Waals surface area (Å²) in [7, 11) is 0. The Morgan fingerprint density at radius 1 is 1.38 bits per heavy atom. The molecule has 6 heteroatoms. The number of alkyl halides is 3. The highest BCUT2D eigenvalue weighted by molar-refractivity contribution is 5.94. The predicted molar refractivity (Wildman–Crippen MR) is 70.0 cm³/mol. The Labute approximate surface area is 120 Å². The maximum atomic E-state index is 13.1. The Morgan fingerprint density at radius 3 is 2.67 bits per heavy atom. The van der Waals surface area contributed by atoms with E-state index in [4.69, 9.17) is 0 Å². The van der Waals surface area contributed by atoms with Crippen LogP contribution in [0.3, 0.4) is 0 Å². The van der Waals surface area contributed by atoms with Crippen LogP contribution in [-0.2, 0) is 11.0 Å². The molecular formula is C15H14F3NO2. The number of carbonyl (C=O) groups excluding carboxylic acids is 1. The van der Waals surface area contributed by atoms with Crippen LogP contribution in [0.1, 0.15) is 30.5 Å². The fraction of sp³-hybridized carbons (Fsp3) is 0.400. The summed E-state index contributed by atoms with van der Waals surface area (Å²) in [6, 6.07) is 4.30. The first kappa shape index (κ1) is 15.4. The molecule has 1 heterocycles. The first-order valence-electron chi connectivity index (χ1n) is 6.42. The van der Waals surface area contributed by atoms with Gasteiger partial charge in [-0.05, 0) is 30.9 Å². The van der Waals surface area contributed by atoms with Gasteiger partial charge in [-0.15, -0.1) is 0 Å². The van der Waals surface area contributed by atoms with Crippen molar-refractivity contribution < 1.29 is 23.1 Å². The van der Waals surface area contributed by atoms with Crippen molar-refractivity contribution in [2.75, 3.05) is 6.54 Å². The van der Waals surface area contributed by atoms with Gasteiger partial charge in [-0.25, -0.2) is 0 Å². The number of β-amino-alcohol motifs (C(OH)–C–C–N with tert-alkyl or cyclic N) is 1. The zero-order valence-electron chi connectivity index (χ0n) is 11.3. The minimum Gasteiger partial charge on any atom is -0.391 e. The number of hydrogen-bond acceptors (Lipinski definition) is 2. The number of carbonyl (C=O) groups is 1. The number of rotatable bonds is 1. The van der Waals surface area contributed by atoms with Crippen LogP contribution in [0.5, 0.6) is 0 Å². The van der Waals surface area contributed by atoms with Crippen molar-refractivity contribution in [1.29, 1.82) is 0 Å². The van der Waals surface area contributed by atoms with Gasteiger partial charge < -0.3 is 10.0 Å². The standard InChI is InChI=1S/C15H14F3NO2/c1-2-5-14(21)19-9-10(20)8-13(19)11-6-3-4-7-12(11)15(16,17)18/h3-4,6-7,10,13,20H,8-9H2,1H3/t10-,13-/m0/s1. The molecule has 2 atom stereocenters. The lowest BCUT2D eigenvalue weighted by atomic mass is 9.97. The van der Waals surface area contributed by atoms with Gasteiger partial charge >= 0.3 is 6.18 Å². The minimum absolute atomic E-state index is 0.00666. The van der Waals surface area contributed by atoms with Crippen LogP contribution in [0, 0.1) is 11.8 Å². The smallest absolute Gasteiger partial charge is 0.391 e. The number of hydrogen-bond donors (Lipinski definition) is 1. The highest BCUT2D eigenvalue weighted by Crippen LogP contribution is 2.40. The van der Waals surface area contributed by atoms with Gasteiger partial charge in [-0.3, -0.25) is 4.79 Å². The molecule has 0 aromatic heterocycles. The molecule has 0 radical (unpaired) electrons. The van der Waals surface area contributed by atoms with Gasteiger partial charge in [0.05, 0.1) is 17.7 Å². The summed E-state index contributed by atoms with van der Waals surface area (Å²) in [6.07, 6.45) is -5.28. The van der Waals surface area contributed by atoms with Gasteiger partial charge in [-0.2, -0.15) is 13.2 Å². The highest BCUT2D eigenvalue weighted by Gasteiger charge is 2.41. The van der Waals surface area contributed by atoms with Gasteiger partial charge in [0.1, 0.15) is 0 Å². The molecule has 3 nitrogen and oxygen atoms in total. The van der Waals surface area contributed by atoms with Gasteiger partial charge in [-0.1, -0.05) is 24.1 Å². The lowest BCUT2D eigenvalue weighted by molar-refractivity contribution is -0.139. The summed E-state index contributed by atoms with van der Waals surface area (Å²) in [5.74, 6) is 4.17. The summed E-state index contributed by atoms with van der Waals surface area (Å²) in [5.41, 5.74) is -0.792. The second-order valence-electron chi connectivity index (χ2n) is 4.82. The fourth-order valence-electron chi connectivity index (χ4n) is 2.56.